The van der Waals surface area contributed by atoms with Gasteiger partial charge in [-0.15, -0.1) is 11.3 Å². The molecule has 1 atom stereocenters. The Morgan fingerprint density at radius 3 is 3.00 bits per heavy atom. The Bertz CT molecular complexity index is 1370. The van der Waals surface area contributed by atoms with Crippen molar-refractivity contribution in [1.82, 2.24) is 24.6 Å². The number of likely N-dealkylation sites (tertiary alicyclic amines) is 1. The van der Waals surface area contributed by atoms with Gasteiger partial charge in [-0.05, 0) is 54.5 Å². The molecular formula is C25H25ClN6O2S. The van der Waals surface area contributed by atoms with Gasteiger partial charge in [-0.2, -0.15) is 5.10 Å². The predicted octanol–water partition coefficient (Wildman–Crippen LogP) is 4.79. The highest BCUT2D eigenvalue weighted by Crippen LogP contribution is 2.35. The van der Waals surface area contributed by atoms with Gasteiger partial charge in [-0.3, -0.25) is 4.79 Å². The van der Waals surface area contributed by atoms with Crippen molar-refractivity contribution in [3.05, 3.63) is 64.6 Å². The smallest absolute Gasteiger partial charge is 0.245 e. The zero-order valence-corrected chi connectivity index (χ0v) is 20.6. The van der Waals surface area contributed by atoms with E-state index < -0.39 is 0 Å². The van der Waals surface area contributed by atoms with Gasteiger partial charge in [0, 0.05) is 30.1 Å². The van der Waals surface area contributed by atoms with Gasteiger partial charge in [0.1, 0.15) is 30.2 Å². The number of rotatable bonds is 7. The lowest BCUT2D eigenvalue weighted by Crippen LogP contribution is -2.40. The fraction of sp³-hybridized carbons (Fsp3) is 0.280. The van der Waals surface area contributed by atoms with E-state index in [1.807, 2.05) is 45.3 Å². The van der Waals surface area contributed by atoms with Gasteiger partial charge < -0.3 is 15.4 Å². The molecule has 0 spiro atoms. The van der Waals surface area contributed by atoms with E-state index in [2.05, 4.69) is 16.5 Å². The van der Waals surface area contributed by atoms with Crippen LogP contribution in [-0.2, 0) is 17.9 Å². The van der Waals surface area contributed by atoms with E-state index in [0.29, 0.717) is 53.0 Å². The average molecular weight is 509 g/mol. The van der Waals surface area contributed by atoms with Crippen molar-refractivity contribution in [2.45, 2.75) is 26.0 Å². The normalized spacial score (nSPS) is 15.9. The molecule has 1 aliphatic heterocycles. The van der Waals surface area contributed by atoms with Crippen LogP contribution in [0.3, 0.4) is 0 Å². The summed E-state index contributed by atoms with van der Waals surface area (Å²) in [4.78, 5) is 23.7. The Balaban J connectivity index is 1.43. The van der Waals surface area contributed by atoms with E-state index in [1.54, 1.807) is 11.3 Å². The number of hydrogen-bond acceptors (Lipinski definition) is 7. The third-order valence-electron chi connectivity index (χ3n) is 6.15. The molecule has 1 fully saturated rings. The Morgan fingerprint density at radius 1 is 1.34 bits per heavy atom. The number of nitrogen functional groups attached to an aromatic ring is 1. The molecule has 180 valence electrons. The van der Waals surface area contributed by atoms with Crippen LogP contribution in [0, 0.1) is 5.92 Å². The molecule has 35 heavy (non-hydrogen) atoms. The molecule has 1 saturated heterocycles. The third-order valence-corrected chi connectivity index (χ3v) is 7.30. The quantitative estimate of drug-likeness (QED) is 0.360. The second-order valence-electron chi connectivity index (χ2n) is 8.50. The van der Waals surface area contributed by atoms with Gasteiger partial charge in [-0.1, -0.05) is 24.2 Å². The largest absolute Gasteiger partial charge is 0.487 e. The van der Waals surface area contributed by atoms with E-state index in [1.165, 1.54) is 12.4 Å². The Hall–Kier alpha value is -3.43. The number of halogens is 1. The van der Waals surface area contributed by atoms with Crippen LogP contribution in [0.4, 0.5) is 5.82 Å². The van der Waals surface area contributed by atoms with Crippen molar-refractivity contribution in [2.75, 3.05) is 18.8 Å². The summed E-state index contributed by atoms with van der Waals surface area (Å²) in [6, 6.07) is 9.60. The van der Waals surface area contributed by atoms with Crippen LogP contribution in [-0.4, -0.2) is 43.6 Å². The molecule has 8 nitrogen and oxygen atoms in total. The maximum absolute atomic E-state index is 12.1. The van der Waals surface area contributed by atoms with Crippen molar-refractivity contribution >= 4 is 45.7 Å². The number of fused-ring (bicyclic) bond motifs is 1. The van der Waals surface area contributed by atoms with Crippen molar-refractivity contribution in [3.8, 4) is 17.0 Å². The summed E-state index contributed by atoms with van der Waals surface area (Å²) in [5.74, 6) is 1.17. The maximum atomic E-state index is 12.1. The topological polar surface area (TPSA) is 99.2 Å². The number of ether oxygens (including phenoxy) is 1. The molecule has 4 heterocycles. The van der Waals surface area contributed by atoms with Crippen LogP contribution in [0.1, 0.15) is 17.7 Å². The lowest BCUT2D eigenvalue weighted by Gasteiger charge is -2.32. The van der Waals surface area contributed by atoms with Gasteiger partial charge in [0.2, 0.25) is 5.91 Å². The molecule has 5 rings (SSSR count). The second kappa shape index (κ2) is 10.1. The third kappa shape index (κ3) is 4.87. The molecule has 4 aromatic rings. The number of hydrogen-bond donors (Lipinski definition) is 1. The molecule has 0 bridgehead atoms. The predicted molar refractivity (Wildman–Crippen MR) is 138 cm³/mol. The van der Waals surface area contributed by atoms with E-state index >= 15 is 0 Å². The monoisotopic (exact) mass is 508 g/mol. The minimum absolute atomic E-state index is 0.0386. The van der Waals surface area contributed by atoms with Gasteiger partial charge in [0.25, 0.3) is 0 Å². The van der Waals surface area contributed by atoms with Crippen molar-refractivity contribution in [2.24, 2.45) is 5.92 Å². The number of carbonyl (C=O) groups excluding carboxylic acids is 1. The minimum Gasteiger partial charge on any atom is -0.487 e. The Labute approximate surface area is 212 Å². The van der Waals surface area contributed by atoms with Gasteiger partial charge >= 0.3 is 0 Å². The average Bonchev–Trinajstić information content (AvgIpc) is 3.52. The number of piperidine rings is 1. The number of nitrogens with zero attached hydrogens (tertiary/aromatic N) is 5. The zero-order valence-electron chi connectivity index (χ0n) is 19.1. The highest BCUT2D eigenvalue weighted by Gasteiger charge is 2.25. The first kappa shape index (κ1) is 23.3. The number of carbonyl (C=O) groups is 1. The summed E-state index contributed by atoms with van der Waals surface area (Å²) in [5, 5.41) is 8.06. The number of thiophene rings is 1. The van der Waals surface area contributed by atoms with Gasteiger partial charge in [0.05, 0.1) is 10.4 Å². The van der Waals surface area contributed by atoms with Crippen molar-refractivity contribution in [1.29, 1.82) is 0 Å². The zero-order chi connectivity index (χ0) is 24.4. The fourth-order valence-corrected chi connectivity index (χ4v) is 5.31. The molecule has 0 unspecified atom stereocenters. The summed E-state index contributed by atoms with van der Waals surface area (Å²) in [5.41, 5.74) is 8.39. The molecule has 0 saturated carbocycles. The molecule has 2 N–H and O–H groups in total. The first-order chi connectivity index (χ1) is 17.0. The first-order valence-electron chi connectivity index (χ1n) is 11.4. The van der Waals surface area contributed by atoms with Crippen LogP contribution in [0.2, 0.25) is 5.02 Å². The molecule has 1 aliphatic rings. The lowest BCUT2D eigenvalue weighted by atomic mass is 9.98. The molecule has 0 aliphatic carbocycles. The number of aromatic nitrogens is 4. The van der Waals surface area contributed by atoms with Crippen LogP contribution >= 0.6 is 22.9 Å². The van der Waals surface area contributed by atoms with Crippen molar-refractivity contribution < 1.29 is 9.53 Å². The Kier molecular flexibility index (Phi) is 6.70. The maximum Gasteiger partial charge on any atom is 0.245 e. The molecular weight excluding hydrogens is 484 g/mol. The van der Waals surface area contributed by atoms with Crippen molar-refractivity contribution in [3.63, 3.8) is 0 Å². The van der Waals surface area contributed by atoms with Crippen LogP contribution < -0.4 is 10.5 Å². The number of nitrogens with two attached hydrogens (primary N) is 1. The number of amides is 1. The van der Waals surface area contributed by atoms with Gasteiger partial charge in [0.15, 0.2) is 5.65 Å². The van der Waals surface area contributed by atoms with Gasteiger partial charge in [-0.25, -0.2) is 14.6 Å². The van der Waals surface area contributed by atoms with E-state index in [9.17, 15) is 4.79 Å². The standard InChI is InChI=1S/C25H25ClN6O2S/c1-2-21(33)31-9-3-5-16(12-31)13-32-25-22(24(27)28-15-29-25)23(30-32)17-7-8-20(19(26)11-17)34-14-18-6-4-10-35-18/h2,4,6-8,10-11,15-16H,1,3,5,9,12-14H2,(H2,27,28,29)/t16-/m1/s1. The summed E-state index contributed by atoms with van der Waals surface area (Å²) in [6.45, 7) is 6.09. The minimum atomic E-state index is -0.0386. The molecule has 1 aromatic carbocycles. The summed E-state index contributed by atoms with van der Waals surface area (Å²) in [7, 11) is 0. The number of anilines is 1. The van der Waals surface area contributed by atoms with E-state index in [0.717, 1.165) is 29.8 Å². The van der Waals surface area contributed by atoms with Crippen LogP contribution in [0.25, 0.3) is 22.3 Å². The molecule has 0 radical (unpaired) electrons. The lowest BCUT2D eigenvalue weighted by molar-refractivity contribution is -0.127. The fourth-order valence-electron chi connectivity index (χ4n) is 4.46. The summed E-state index contributed by atoms with van der Waals surface area (Å²) < 4.78 is 7.76. The Morgan fingerprint density at radius 2 is 2.23 bits per heavy atom. The van der Waals surface area contributed by atoms with Crippen LogP contribution in [0.15, 0.2) is 54.7 Å². The molecule has 10 heteroatoms. The summed E-state index contributed by atoms with van der Waals surface area (Å²) in [6.07, 6.45) is 4.76. The van der Waals surface area contributed by atoms with Crippen LogP contribution in [0.5, 0.6) is 5.75 Å². The number of benzene rings is 1. The highest BCUT2D eigenvalue weighted by molar-refractivity contribution is 7.09. The summed E-state index contributed by atoms with van der Waals surface area (Å²) >= 11 is 8.20. The SMILES string of the molecule is C=CC(=O)N1CCC[C@@H](Cn2nc(-c3ccc(OCc4cccs4)c(Cl)c3)c3c(N)ncnc32)C1. The molecule has 3 aromatic heterocycles. The van der Waals surface area contributed by atoms with E-state index in [4.69, 9.17) is 27.2 Å². The second-order valence-corrected chi connectivity index (χ2v) is 9.94. The first-order valence-corrected chi connectivity index (χ1v) is 12.6. The molecule has 1 amide bonds. The highest BCUT2D eigenvalue weighted by atomic mass is 35.5. The van der Waals surface area contributed by atoms with E-state index in [-0.39, 0.29) is 11.8 Å².